The van der Waals surface area contributed by atoms with Crippen LogP contribution in [0.1, 0.15) is 32.6 Å². The number of nitrogens with one attached hydrogen (secondary N) is 1. The number of hydrogen-bond acceptors (Lipinski definition) is 4. The molecular weight excluding hydrogens is 234 g/mol. The number of rotatable bonds is 2. The van der Waals surface area contributed by atoms with Crippen LogP contribution in [0.5, 0.6) is 0 Å². The third-order valence-corrected chi connectivity index (χ3v) is 4.06. The molecule has 3 atom stereocenters. The second-order valence-corrected chi connectivity index (χ2v) is 5.25. The van der Waals surface area contributed by atoms with Gasteiger partial charge in [0.05, 0.1) is 6.10 Å². The lowest BCUT2D eigenvalue weighted by molar-refractivity contribution is -0.151. The molecule has 2 fully saturated rings. The number of piperidine rings is 1. The fraction of sp³-hybridized carbons (Fsp3) is 0.833. The molecule has 0 aliphatic carbocycles. The van der Waals surface area contributed by atoms with Gasteiger partial charge in [0.15, 0.2) is 0 Å². The van der Waals surface area contributed by atoms with Gasteiger partial charge in [0.25, 0.3) is 0 Å². The number of carbonyl (C=O) groups excluding carboxylic acids is 2. The van der Waals surface area contributed by atoms with Crippen molar-refractivity contribution in [3.05, 3.63) is 0 Å². The molecule has 2 rings (SSSR count). The van der Waals surface area contributed by atoms with Gasteiger partial charge in [0, 0.05) is 13.1 Å². The van der Waals surface area contributed by atoms with Crippen molar-refractivity contribution >= 4 is 11.8 Å². The van der Waals surface area contributed by atoms with Gasteiger partial charge in [-0.15, -0.1) is 0 Å². The second kappa shape index (κ2) is 4.85. The Kier molecular flexibility index (Phi) is 3.59. The van der Waals surface area contributed by atoms with Crippen LogP contribution in [-0.2, 0) is 9.59 Å². The predicted octanol–water partition coefficient (Wildman–Crippen LogP) is -1.03. The summed E-state index contributed by atoms with van der Waals surface area (Å²) in [4.78, 5) is 26.0. The molecule has 0 saturated carbocycles. The Hall–Kier alpha value is -1.14. The summed E-state index contributed by atoms with van der Waals surface area (Å²) in [6.45, 7) is 2.65. The number of likely N-dealkylation sites (tertiary alicyclic amines) is 1. The van der Waals surface area contributed by atoms with Crippen molar-refractivity contribution in [2.45, 2.75) is 50.3 Å². The van der Waals surface area contributed by atoms with E-state index in [1.165, 1.54) is 6.92 Å². The topological polar surface area (TPSA) is 95.7 Å². The zero-order valence-electron chi connectivity index (χ0n) is 10.7. The van der Waals surface area contributed by atoms with Crippen molar-refractivity contribution < 1.29 is 14.7 Å². The van der Waals surface area contributed by atoms with E-state index in [0.29, 0.717) is 25.9 Å². The lowest BCUT2D eigenvalue weighted by atomic mass is 9.84. The minimum atomic E-state index is -0.951. The molecule has 0 aromatic rings. The van der Waals surface area contributed by atoms with Gasteiger partial charge in [0.2, 0.25) is 11.8 Å². The summed E-state index contributed by atoms with van der Waals surface area (Å²) >= 11 is 0. The van der Waals surface area contributed by atoms with Crippen LogP contribution in [-0.4, -0.2) is 52.6 Å². The van der Waals surface area contributed by atoms with Gasteiger partial charge in [-0.1, -0.05) is 0 Å². The number of aliphatic hydroxyl groups excluding tert-OH is 1. The Morgan fingerprint density at radius 1 is 1.50 bits per heavy atom. The first kappa shape index (κ1) is 13.3. The first-order chi connectivity index (χ1) is 8.49. The van der Waals surface area contributed by atoms with Gasteiger partial charge in [-0.2, -0.15) is 0 Å². The lowest BCUT2D eigenvalue weighted by Crippen LogP contribution is -2.63. The zero-order valence-corrected chi connectivity index (χ0v) is 10.7. The van der Waals surface area contributed by atoms with Crippen LogP contribution in [0, 0.1) is 0 Å². The molecule has 2 aliphatic rings. The van der Waals surface area contributed by atoms with E-state index in [4.69, 9.17) is 5.73 Å². The third-order valence-electron chi connectivity index (χ3n) is 4.06. The van der Waals surface area contributed by atoms with Gasteiger partial charge in [-0.25, -0.2) is 0 Å². The standard InChI is InChI=1S/C12H21N3O3/c1-8(16)9(13)10(17)15-7-3-2-4-12(15)5-6-14-11(12)18/h8-9,16H,2-7,13H2,1H3,(H,14,18)/t8-,9+,12?/m1/s1. The predicted molar refractivity (Wildman–Crippen MR) is 65.6 cm³/mol. The van der Waals surface area contributed by atoms with Crippen LogP contribution in [0.2, 0.25) is 0 Å². The molecule has 6 nitrogen and oxygen atoms in total. The Labute approximate surface area is 107 Å². The average molecular weight is 255 g/mol. The first-order valence-corrected chi connectivity index (χ1v) is 6.52. The number of nitrogens with zero attached hydrogens (tertiary/aromatic N) is 1. The average Bonchev–Trinajstić information content (AvgIpc) is 2.70. The largest absolute Gasteiger partial charge is 0.391 e. The van der Waals surface area contributed by atoms with Crippen LogP contribution in [0.25, 0.3) is 0 Å². The molecule has 2 saturated heterocycles. The molecule has 1 unspecified atom stereocenters. The van der Waals surface area contributed by atoms with E-state index in [2.05, 4.69) is 5.32 Å². The number of nitrogens with two attached hydrogens (primary N) is 1. The summed E-state index contributed by atoms with van der Waals surface area (Å²) < 4.78 is 0. The van der Waals surface area contributed by atoms with E-state index >= 15 is 0 Å². The van der Waals surface area contributed by atoms with Crippen molar-refractivity contribution in [1.82, 2.24) is 10.2 Å². The van der Waals surface area contributed by atoms with Gasteiger partial charge in [-0.3, -0.25) is 9.59 Å². The summed E-state index contributed by atoms with van der Waals surface area (Å²) in [5.41, 5.74) is 4.99. The molecule has 18 heavy (non-hydrogen) atoms. The summed E-state index contributed by atoms with van der Waals surface area (Å²) in [5, 5.41) is 12.2. The van der Waals surface area contributed by atoms with Gasteiger partial charge < -0.3 is 21.1 Å². The number of amides is 2. The first-order valence-electron chi connectivity index (χ1n) is 6.52. The summed E-state index contributed by atoms with van der Waals surface area (Å²) in [6, 6.07) is -0.951. The zero-order chi connectivity index (χ0) is 13.3. The van der Waals surface area contributed by atoms with E-state index < -0.39 is 17.7 Å². The minimum absolute atomic E-state index is 0.0756. The SMILES string of the molecule is C[C@@H](O)[C@H](N)C(=O)N1CCCCC12CCNC2=O. The Balaban J connectivity index is 2.23. The monoisotopic (exact) mass is 255 g/mol. The lowest BCUT2D eigenvalue weighted by Gasteiger charge is -2.44. The maximum atomic E-state index is 12.3. The van der Waals surface area contributed by atoms with Crippen molar-refractivity contribution in [3.8, 4) is 0 Å². The van der Waals surface area contributed by atoms with E-state index in [-0.39, 0.29) is 11.8 Å². The molecule has 0 aromatic carbocycles. The van der Waals surface area contributed by atoms with Crippen LogP contribution in [0.3, 0.4) is 0 Å². The second-order valence-electron chi connectivity index (χ2n) is 5.25. The molecule has 0 aromatic heterocycles. The van der Waals surface area contributed by atoms with Crippen LogP contribution >= 0.6 is 0 Å². The highest BCUT2D eigenvalue weighted by atomic mass is 16.3. The van der Waals surface area contributed by atoms with Crippen LogP contribution in [0.15, 0.2) is 0 Å². The van der Waals surface area contributed by atoms with Crippen molar-refractivity contribution in [2.75, 3.05) is 13.1 Å². The Morgan fingerprint density at radius 3 is 2.78 bits per heavy atom. The van der Waals surface area contributed by atoms with Crippen molar-refractivity contribution in [2.24, 2.45) is 5.73 Å². The van der Waals surface area contributed by atoms with Gasteiger partial charge >= 0.3 is 0 Å². The van der Waals surface area contributed by atoms with Crippen molar-refractivity contribution in [3.63, 3.8) is 0 Å². The van der Waals surface area contributed by atoms with E-state index in [9.17, 15) is 14.7 Å². The van der Waals surface area contributed by atoms with E-state index in [1.807, 2.05) is 0 Å². The molecule has 102 valence electrons. The molecule has 0 radical (unpaired) electrons. The molecule has 4 N–H and O–H groups in total. The normalized spacial score (nSPS) is 31.3. The maximum absolute atomic E-state index is 12.3. The van der Waals surface area contributed by atoms with Gasteiger partial charge in [-0.05, 0) is 32.6 Å². The fourth-order valence-corrected chi connectivity index (χ4v) is 2.90. The number of carbonyl (C=O) groups is 2. The molecule has 6 heteroatoms. The van der Waals surface area contributed by atoms with Crippen LogP contribution in [0.4, 0.5) is 0 Å². The highest BCUT2D eigenvalue weighted by molar-refractivity contribution is 5.94. The van der Waals surface area contributed by atoms with E-state index in [0.717, 1.165) is 12.8 Å². The molecule has 1 spiro atoms. The molecule has 2 amide bonds. The van der Waals surface area contributed by atoms with E-state index in [1.54, 1.807) is 4.90 Å². The molecule has 0 bridgehead atoms. The Bertz CT molecular complexity index is 358. The third kappa shape index (κ3) is 1.99. The summed E-state index contributed by atoms with van der Waals surface area (Å²) in [6.07, 6.45) is 2.26. The quantitative estimate of drug-likeness (QED) is 0.587. The molecule has 2 aliphatic heterocycles. The fourth-order valence-electron chi connectivity index (χ4n) is 2.90. The summed E-state index contributed by atoms with van der Waals surface area (Å²) in [7, 11) is 0. The molecule has 2 heterocycles. The smallest absolute Gasteiger partial charge is 0.246 e. The highest BCUT2D eigenvalue weighted by Gasteiger charge is 2.51. The molecular formula is C12H21N3O3. The maximum Gasteiger partial charge on any atom is 0.246 e. The summed E-state index contributed by atoms with van der Waals surface area (Å²) in [5.74, 6) is -0.393. The number of hydrogen-bond donors (Lipinski definition) is 3. The van der Waals surface area contributed by atoms with Crippen LogP contribution < -0.4 is 11.1 Å². The minimum Gasteiger partial charge on any atom is -0.391 e. The Morgan fingerprint density at radius 2 is 2.22 bits per heavy atom. The number of aliphatic hydroxyl groups is 1. The highest BCUT2D eigenvalue weighted by Crippen LogP contribution is 2.34. The van der Waals surface area contributed by atoms with Gasteiger partial charge in [0.1, 0.15) is 11.6 Å². The van der Waals surface area contributed by atoms with Crippen molar-refractivity contribution in [1.29, 1.82) is 0 Å².